The minimum atomic E-state index is -3.12. The third-order valence-electron chi connectivity index (χ3n) is 5.95. The Hall–Kier alpha value is -2.43. The Morgan fingerprint density at radius 2 is 1.30 bits per heavy atom. The summed E-state index contributed by atoms with van der Waals surface area (Å²) in [6.45, 7) is 18.8. The lowest BCUT2D eigenvalue weighted by atomic mass is 10.1. The van der Waals surface area contributed by atoms with E-state index in [0.29, 0.717) is 5.20 Å². The van der Waals surface area contributed by atoms with E-state index in [1.165, 1.54) is 18.2 Å². The highest BCUT2D eigenvalue weighted by molar-refractivity contribution is 7.06. The average Bonchev–Trinajstić information content (AvgIpc) is 3.00. The number of methoxy groups -OCH3 is 1. The van der Waals surface area contributed by atoms with E-state index in [-0.39, 0.29) is 12.1 Å². The fourth-order valence-corrected chi connectivity index (χ4v) is 10.2. The fourth-order valence-electron chi connectivity index (χ4n) is 5.10. The number of rotatable bonds is 4. The zero-order valence-corrected chi connectivity index (χ0v) is 20.4. The van der Waals surface area contributed by atoms with E-state index in [1.807, 2.05) is 13.0 Å². The molecule has 1 heterocycles. The molecule has 0 aliphatic carbocycles. The first kappa shape index (κ1) is 22.3. The molecule has 0 spiro atoms. The normalized spacial score (nSPS) is 17.6. The Kier molecular flexibility index (Phi) is 5.94. The molecule has 1 atom stereocenters. The van der Waals surface area contributed by atoms with E-state index in [9.17, 15) is 4.79 Å². The van der Waals surface area contributed by atoms with Gasteiger partial charge in [0, 0.05) is 0 Å². The quantitative estimate of drug-likeness (QED) is 0.422. The van der Waals surface area contributed by atoms with Gasteiger partial charge in [0.05, 0.1) is 18.4 Å². The number of aryl methyl sites for hydroxylation is 6. The third-order valence-corrected chi connectivity index (χ3v) is 10.7. The summed E-state index contributed by atoms with van der Waals surface area (Å²) >= 11 is 0. The van der Waals surface area contributed by atoms with Crippen molar-refractivity contribution in [3.63, 3.8) is 0 Å². The van der Waals surface area contributed by atoms with Gasteiger partial charge in [-0.15, -0.1) is 0 Å². The summed E-state index contributed by atoms with van der Waals surface area (Å²) in [5.74, 6) is -0.316. The van der Waals surface area contributed by atoms with Crippen molar-refractivity contribution in [1.29, 1.82) is 0 Å². The highest BCUT2D eigenvalue weighted by Gasteiger charge is 2.55. The molecule has 3 nitrogen and oxygen atoms in total. The molecule has 0 aromatic heterocycles. The van der Waals surface area contributed by atoms with Crippen molar-refractivity contribution in [3.05, 3.63) is 81.1 Å². The van der Waals surface area contributed by atoms with Crippen molar-refractivity contribution in [1.82, 2.24) is 0 Å². The highest BCUT2D eigenvalue weighted by atomic mass is 28.4. The van der Waals surface area contributed by atoms with Crippen LogP contribution in [-0.4, -0.2) is 27.5 Å². The Labute approximate surface area is 181 Å². The molecule has 0 radical (unpaired) electrons. The molecule has 0 saturated heterocycles. The van der Waals surface area contributed by atoms with Gasteiger partial charge in [-0.25, -0.2) is 4.79 Å². The molecule has 2 aromatic carbocycles. The monoisotopic (exact) mass is 420 g/mol. The van der Waals surface area contributed by atoms with Gasteiger partial charge in [0.25, 0.3) is 8.32 Å². The predicted molar refractivity (Wildman–Crippen MR) is 126 cm³/mol. The minimum absolute atomic E-state index is 0.314. The Bertz CT molecular complexity index is 974. The Morgan fingerprint density at radius 1 is 0.900 bits per heavy atom. The standard InChI is InChI=1S/C26H32O3Si/c1-15(2)22-14-23(26(27)28-9)30(29-22,24-18(5)10-16(3)11-19(24)6)25-20(7)12-17(4)13-21(25)8/h10-14,22H,1H2,2-9H3. The maximum atomic E-state index is 13.2. The summed E-state index contributed by atoms with van der Waals surface area (Å²) in [5.41, 5.74) is 7.88. The topological polar surface area (TPSA) is 35.5 Å². The molecule has 2 aromatic rings. The van der Waals surface area contributed by atoms with Crippen molar-refractivity contribution < 1.29 is 14.0 Å². The van der Waals surface area contributed by atoms with Crippen LogP contribution in [0.5, 0.6) is 0 Å². The summed E-state index contributed by atoms with van der Waals surface area (Å²) in [5, 5.41) is 2.94. The van der Waals surface area contributed by atoms with Gasteiger partial charge in [0.1, 0.15) is 0 Å². The summed E-state index contributed by atoms with van der Waals surface area (Å²) in [7, 11) is -1.68. The van der Waals surface area contributed by atoms with Crippen molar-refractivity contribution >= 4 is 24.7 Å². The second-order valence-corrected chi connectivity index (χ2v) is 11.8. The molecule has 0 saturated carbocycles. The second-order valence-electron chi connectivity index (χ2n) is 8.69. The van der Waals surface area contributed by atoms with Crippen molar-refractivity contribution in [2.45, 2.75) is 54.6 Å². The van der Waals surface area contributed by atoms with Crippen LogP contribution >= 0.6 is 0 Å². The second kappa shape index (κ2) is 8.01. The maximum Gasteiger partial charge on any atom is 0.332 e. The molecule has 3 rings (SSSR count). The number of hydrogen-bond donors (Lipinski definition) is 0. The minimum Gasteiger partial charge on any atom is -0.466 e. The van der Waals surface area contributed by atoms with Crippen LogP contribution < -0.4 is 10.4 Å². The highest BCUT2D eigenvalue weighted by Crippen LogP contribution is 2.34. The molecular formula is C26H32O3Si. The van der Waals surface area contributed by atoms with Gasteiger partial charge in [0.2, 0.25) is 0 Å². The third kappa shape index (κ3) is 3.48. The largest absolute Gasteiger partial charge is 0.466 e. The Morgan fingerprint density at radius 3 is 1.63 bits per heavy atom. The average molecular weight is 421 g/mol. The Balaban J connectivity index is 2.51. The van der Waals surface area contributed by atoms with Crippen LogP contribution in [0.2, 0.25) is 0 Å². The van der Waals surface area contributed by atoms with Gasteiger partial charge >= 0.3 is 5.97 Å². The van der Waals surface area contributed by atoms with Crippen LogP contribution in [0.3, 0.4) is 0 Å². The lowest BCUT2D eigenvalue weighted by molar-refractivity contribution is -0.135. The van der Waals surface area contributed by atoms with E-state index in [0.717, 1.165) is 38.2 Å². The van der Waals surface area contributed by atoms with Crippen LogP contribution in [0.15, 0.2) is 47.7 Å². The molecule has 0 fully saturated rings. The van der Waals surface area contributed by atoms with Crippen molar-refractivity contribution in [2.75, 3.05) is 7.11 Å². The van der Waals surface area contributed by atoms with Gasteiger partial charge in [-0.3, -0.25) is 0 Å². The first-order valence-corrected chi connectivity index (χ1v) is 12.2. The molecule has 1 unspecified atom stereocenters. The van der Waals surface area contributed by atoms with Crippen molar-refractivity contribution in [3.8, 4) is 0 Å². The van der Waals surface area contributed by atoms with E-state index < -0.39 is 8.32 Å². The summed E-state index contributed by atoms with van der Waals surface area (Å²) in [4.78, 5) is 13.2. The van der Waals surface area contributed by atoms with Crippen LogP contribution in [0.4, 0.5) is 0 Å². The van der Waals surface area contributed by atoms with E-state index in [1.54, 1.807) is 0 Å². The molecular weight excluding hydrogens is 388 g/mol. The number of benzene rings is 2. The molecule has 1 aliphatic rings. The van der Waals surface area contributed by atoms with E-state index in [4.69, 9.17) is 9.16 Å². The van der Waals surface area contributed by atoms with Gasteiger partial charge in [-0.05, 0) is 92.7 Å². The van der Waals surface area contributed by atoms with Gasteiger partial charge < -0.3 is 9.16 Å². The molecule has 0 amide bonds. The van der Waals surface area contributed by atoms with Gasteiger partial charge in [-0.1, -0.05) is 42.0 Å². The predicted octanol–water partition coefficient (Wildman–Crippen LogP) is 4.21. The smallest absolute Gasteiger partial charge is 0.332 e. The number of carbonyl (C=O) groups excluding carboxylic acids is 1. The molecule has 0 N–H and O–H groups in total. The van der Waals surface area contributed by atoms with Crippen LogP contribution in [0, 0.1) is 41.5 Å². The van der Waals surface area contributed by atoms with Crippen LogP contribution in [0.25, 0.3) is 0 Å². The SMILES string of the molecule is C=C(C)C1C=C(C(=O)OC)[Si](c2c(C)cc(C)cc2C)(c2c(C)cc(C)cc2C)O1. The van der Waals surface area contributed by atoms with Crippen LogP contribution in [-0.2, 0) is 14.0 Å². The lowest BCUT2D eigenvalue weighted by Gasteiger charge is -2.35. The van der Waals surface area contributed by atoms with E-state index in [2.05, 4.69) is 72.4 Å². The molecule has 30 heavy (non-hydrogen) atoms. The number of hydrogen-bond acceptors (Lipinski definition) is 3. The lowest BCUT2D eigenvalue weighted by Crippen LogP contribution is -2.65. The van der Waals surface area contributed by atoms with Gasteiger partial charge in [0.15, 0.2) is 0 Å². The van der Waals surface area contributed by atoms with E-state index >= 15 is 0 Å². The number of ether oxygens (including phenoxy) is 1. The zero-order chi connectivity index (χ0) is 22.4. The number of carbonyl (C=O) groups is 1. The summed E-state index contributed by atoms with van der Waals surface area (Å²) in [6.07, 6.45) is 1.63. The summed E-state index contributed by atoms with van der Waals surface area (Å²) in [6, 6.07) is 8.73. The molecule has 0 bridgehead atoms. The molecule has 1 aliphatic heterocycles. The maximum absolute atomic E-state index is 13.2. The van der Waals surface area contributed by atoms with Crippen molar-refractivity contribution in [2.24, 2.45) is 0 Å². The fraction of sp³-hybridized carbons (Fsp3) is 0.346. The number of esters is 1. The molecule has 158 valence electrons. The molecule has 4 heteroatoms. The van der Waals surface area contributed by atoms with Gasteiger partial charge in [-0.2, -0.15) is 0 Å². The zero-order valence-electron chi connectivity index (χ0n) is 19.4. The first-order chi connectivity index (χ1) is 14.0. The van der Waals surface area contributed by atoms with Crippen LogP contribution in [0.1, 0.15) is 40.3 Å². The first-order valence-electron chi connectivity index (χ1n) is 10.3. The summed E-state index contributed by atoms with van der Waals surface area (Å²) < 4.78 is 12.3.